The van der Waals surface area contributed by atoms with Crippen LogP contribution in [-0.4, -0.2) is 4.92 Å². The fourth-order valence-corrected chi connectivity index (χ4v) is 2.00. The zero-order valence-electron chi connectivity index (χ0n) is 11.0. The third kappa shape index (κ3) is 3.79. The van der Waals surface area contributed by atoms with Gasteiger partial charge in [-0.25, -0.2) is 0 Å². The van der Waals surface area contributed by atoms with Crippen LogP contribution in [0.1, 0.15) is 24.1 Å². The van der Waals surface area contributed by atoms with Gasteiger partial charge >= 0.3 is 0 Å². The Balaban J connectivity index is 1.94. The van der Waals surface area contributed by atoms with E-state index in [9.17, 15) is 10.1 Å². The molecule has 0 amide bonds. The van der Waals surface area contributed by atoms with E-state index in [0.29, 0.717) is 6.54 Å². The van der Waals surface area contributed by atoms with Gasteiger partial charge in [0.05, 0.1) is 4.92 Å². The van der Waals surface area contributed by atoms with Crippen molar-refractivity contribution in [3.63, 3.8) is 0 Å². The summed E-state index contributed by atoms with van der Waals surface area (Å²) in [7, 11) is 0. The van der Waals surface area contributed by atoms with Crippen LogP contribution in [-0.2, 0) is 6.54 Å². The van der Waals surface area contributed by atoms with Crippen molar-refractivity contribution in [1.82, 2.24) is 5.32 Å². The van der Waals surface area contributed by atoms with Crippen LogP contribution >= 0.6 is 11.6 Å². The zero-order valence-corrected chi connectivity index (χ0v) is 11.8. The minimum absolute atomic E-state index is 0.111. The number of nitro benzene ring substituents is 1. The van der Waals surface area contributed by atoms with Crippen LogP contribution in [0.15, 0.2) is 48.5 Å². The van der Waals surface area contributed by atoms with Crippen molar-refractivity contribution in [3.8, 4) is 0 Å². The summed E-state index contributed by atoms with van der Waals surface area (Å²) in [6, 6.07) is 14.4. The number of benzene rings is 2. The Labute approximate surface area is 122 Å². The molecule has 0 spiro atoms. The van der Waals surface area contributed by atoms with Crippen LogP contribution in [0.25, 0.3) is 0 Å². The van der Waals surface area contributed by atoms with Gasteiger partial charge in [0.15, 0.2) is 0 Å². The third-order valence-corrected chi connectivity index (χ3v) is 3.38. The molecule has 2 rings (SSSR count). The highest BCUT2D eigenvalue weighted by Gasteiger charge is 2.06. The van der Waals surface area contributed by atoms with Crippen LogP contribution < -0.4 is 5.32 Å². The molecule has 0 bridgehead atoms. The Morgan fingerprint density at radius 1 is 1.15 bits per heavy atom. The normalized spacial score (nSPS) is 12.1. The van der Waals surface area contributed by atoms with Gasteiger partial charge in [0.25, 0.3) is 5.69 Å². The molecule has 2 aromatic rings. The van der Waals surface area contributed by atoms with E-state index >= 15 is 0 Å². The number of halogens is 1. The van der Waals surface area contributed by atoms with Gasteiger partial charge in [-0.1, -0.05) is 35.9 Å². The summed E-state index contributed by atoms with van der Waals surface area (Å²) < 4.78 is 0. The smallest absolute Gasteiger partial charge is 0.269 e. The highest BCUT2D eigenvalue weighted by molar-refractivity contribution is 6.30. The largest absolute Gasteiger partial charge is 0.306 e. The average Bonchev–Trinajstić information content (AvgIpc) is 2.46. The zero-order chi connectivity index (χ0) is 14.5. The quantitative estimate of drug-likeness (QED) is 0.666. The second-order valence-corrected chi connectivity index (χ2v) is 5.01. The van der Waals surface area contributed by atoms with E-state index in [0.717, 1.165) is 16.1 Å². The van der Waals surface area contributed by atoms with E-state index in [1.165, 1.54) is 12.1 Å². The van der Waals surface area contributed by atoms with E-state index in [1.54, 1.807) is 12.1 Å². The lowest BCUT2D eigenvalue weighted by Crippen LogP contribution is -2.17. The number of nitro groups is 1. The molecule has 0 heterocycles. The predicted octanol–water partition coefficient (Wildman–Crippen LogP) is 4.10. The standard InChI is InChI=1S/C15H15ClN2O2/c1-11(13-4-6-14(16)7-5-13)17-10-12-2-8-15(9-3-12)18(19)20/h2-9,11,17H,10H2,1H3/t11-/m1/s1. The average molecular weight is 291 g/mol. The molecule has 1 N–H and O–H groups in total. The molecular formula is C15H15ClN2O2. The minimum atomic E-state index is -0.395. The minimum Gasteiger partial charge on any atom is -0.306 e. The molecule has 0 aromatic heterocycles. The highest BCUT2D eigenvalue weighted by atomic mass is 35.5. The van der Waals surface area contributed by atoms with Gasteiger partial charge in [0, 0.05) is 29.7 Å². The molecule has 0 unspecified atom stereocenters. The van der Waals surface area contributed by atoms with E-state index in [1.807, 2.05) is 24.3 Å². The van der Waals surface area contributed by atoms with Crippen molar-refractivity contribution >= 4 is 17.3 Å². The SMILES string of the molecule is C[C@@H](NCc1ccc([N+](=O)[O-])cc1)c1ccc(Cl)cc1. The summed E-state index contributed by atoms with van der Waals surface area (Å²) >= 11 is 5.85. The Hall–Kier alpha value is -1.91. The number of hydrogen-bond donors (Lipinski definition) is 1. The van der Waals surface area contributed by atoms with Gasteiger partial charge < -0.3 is 5.32 Å². The van der Waals surface area contributed by atoms with E-state index in [2.05, 4.69) is 12.2 Å². The first kappa shape index (κ1) is 14.5. The van der Waals surface area contributed by atoms with Gasteiger partial charge in [-0.3, -0.25) is 10.1 Å². The number of hydrogen-bond acceptors (Lipinski definition) is 3. The molecule has 0 aliphatic heterocycles. The molecule has 0 saturated carbocycles. The van der Waals surface area contributed by atoms with E-state index < -0.39 is 4.92 Å². The van der Waals surface area contributed by atoms with Crippen LogP contribution in [0.2, 0.25) is 5.02 Å². The van der Waals surface area contributed by atoms with Crippen molar-refractivity contribution < 1.29 is 4.92 Å². The Morgan fingerprint density at radius 2 is 1.75 bits per heavy atom. The summed E-state index contributed by atoms with van der Waals surface area (Å²) in [4.78, 5) is 10.2. The molecule has 4 nitrogen and oxygen atoms in total. The summed E-state index contributed by atoms with van der Waals surface area (Å²) in [6.45, 7) is 2.72. The molecule has 0 radical (unpaired) electrons. The lowest BCUT2D eigenvalue weighted by atomic mass is 10.1. The molecule has 20 heavy (non-hydrogen) atoms. The lowest BCUT2D eigenvalue weighted by molar-refractivity contribution is -0.384. The first-order valence-electron chi connectivity index (χ1n) is 6.28. The predicted molar refractivity (Wildman–Crippen MR) is 79.8 cm³/mol. The molecule has 104 valence electrons. The first-order valence-corrected chi connectivity index (χ1v) is 6.66. The number of non-ortho nitro benzene ring substituents is 1. The topological polar surface area (TPSA) is 55.2 Å². The van der Waals surface area contributed by atoms with Gasteiger partial charge in [0.2, 0.25) is 0 Å². The Bertz CT molecular complexity index is 582. The summed E-state index contributed by atoms with van der Waals surface area (Å²) in [6.07, 6.45) is 0. The molecule has 0 fully saturated rings. The number of nitrogens with one attached hydrogen (secondary N) is 1. The van der Waals surface area contributed by atoms with Crippen LogP contribution in [0.4, 0.5) is 5.69 Å². The maximum absolute atomic E-state index is 10.6. The van der Waals surface area contributed by atoms with Gasteiger partial charge in [-0.2, -0.15) is 0 Å². The molecular weight excluding hydrogens is 276 g/mol. The molecule has 0 aliphatic rings. The maximum Gasteiger partial charge on any atom is 0.269 e. The van der Waals surface area contributed by atoms with Crippen molar-refractivity contribution in [2.24, 2.45) is 0 Å². The second-order valence-electron chi connectivity index (χ2n) is 4.58. The number of rotatable bonds is 5. The van der Waals surface area contributed by atoms with Crippen molar-refractivity contribution in [1.29, 1.82) is 0 Å². The van der Waals surface area contributed by atoms with Crippen molar-refractivity contribution in [2.45, 2.75) is 19.5 Å². The number of nitrogens with zero attached hydrogens (tertiary/aromatic N) is 1. The van der Waals surface area contributed by atoms with Gasteiger partial charge in [-0.15, -0.1) is 0 Å². The summed E-state index contributed by atoms with van der Waals surface area (Å²) in [5.74, 6) is 0. The van der Waals surface area contributed by atoms with Gasteiger partial charge in [0.1, 0.15) is 0 Å². The Morgan fingerprint density at radius 3 is 2.30 bits per heavy atom. The maximum atomic E-state index is 10.6. The highest BCUT2D eigenvalue weighted by Crippen LogP contribution is 2.17. The molecule has 2 aromatic carbocycles. The van der Waals surface area contributed by atoms with Crippen molar-refractivity contribution in [3.05, 3.63) is 74.8 Å². The van der Waals surface area contributed by atoms with E-state index in [4.69, 9.17) is 11.6 Å². The second kappa shape index (κ2) is 6.50. The van der Waals surface area contributed by atoms with Crippen molar-refractivity contribution in [2.75, 3.05) is 0 Å². The fraction of sp³-hybridized carbons (Fsp3) is 0.200. The van der Waals surface area contributed by atoms with Crippen LogP contribution in [0.5, 0.6) is 0 Å². The summed E-state index contributed by atoms with van der Waals surface area (Å²) in [5.41, 5.74) is 2.27. The molecule has 0 aliphatic carbocycles. The Kier molecular flexibility index (Phi) is 4.71. The lowest BCUT2D eigenvalue weighted by Gasteiger charge is -2.14. The van der Waals surface area contributed by atoms with Crippen LogP contribution in [0.3, 0.4) is 0 Å². The monoisotopic (exact) mass is 290 g/mol. The van der Waals surface area contributed by atoms with Crippen LogP contribution in [0, 0.1) is 10.1 Å². The van der Waals surface area contributed by atoms with E-state index in [-0.39, 0.29) is 11.7 Å². The molecule has 5 heteroatoms. The fourth-order valence-electron chi connectivity index (χ4n) is 1.88. The molecule has 0 saturated heterocycles. The third-order valence-electron chi connectivity index (χ3n) is 3.13. The summed E-state index contributed by atoms with van der Waals surface area (Å²) in [5, 5.41) is 14.7. The first-order chi connectivity index (χ1) is 9.56. The van der Waals surface area contributed by atoms with Gasteiger partial charge in [-0.05, 0) is 30.2 Å². The molecule has 1 atom stereocenters.